The topological polar surface area (TPSA) is 55.6 Å². The van der Waals surface area contributed by atoms with Crippen LogP contribution in [-0.4, -0.2) is 22.4 Å². The highest BCUT2D eigenvalue weighted by atomic mass is 16.5. The number of hydrogen-bond acceptors (Lipinski definition) is 3. The summed E-state index contributed by atoms with van der Waals surface area (Å²) in [6.07, 6.45) is 7.35. The number of amides is 1. The molecule has 0 aliphatic rings. The third-order valence-corrected chi connectivity index (χ3v) is 4.58. The molecule has 0 radical (unpaired) electrons. The number of nitrogens with one attached hydrogen (secondary N) is 1. The van der Waals surface area contributed by atoms with E-state index in [2.05, 4.69) is 16.2 Å². The molecule has 0 spiro atoms. The van der Waals surface area contributed by atoms with Crippen molar-refractivity contribution < 1.29 is 9.53 Å². The number of ether oxygens (including phenoxy) is 1. The smallest absolute Gasteiger partial charge is 0.255 e. The Labute approximate surface area is 159 Å². The van der Waals surface area contributed by atoms with Crippen molar-refractivity contribution in [2.24, 2.45) is 0 Å². The van der Waals surface area contributed by atoms with E-state index in [-0.39, 0.29) is 5.91 Å². The first-order valence-electron chi connectivity index (χ1n) is 8.72. The van der Waals surface area contributed by atoms with E-state index in [4.69, 9.17) is 11.2 Å². The highest BCUT2D eigenvalue weighted by molar-refractivity contribution is 6.00. The Hall–Kier alpha value is -3.10. The number of methoxy groups -OCH3 is 1. The molecule has 3 aromatic rings. The molecule has 0 unspecified atom stereocenters. The number of rotatable bonds is 5. The minimum absolute atomic E-state index is 0.185. The Morgan fingerprint density at radius 1 is 1.33 bits per heavy atom. The molecule has 0 fully saturated rings. The van der Waals surface area contributed by atoms with Gasteiger partial charge in [-0.2, -0.15) is 0 Å². The molecule has 1 N–H and O–H groups in total. The summed E-state index contributed by atoms with van der Waals surface area (Å²) in [6.45, 7) is 6.28. The molecule has 0 saturated carbocycles. The van der Waals surface area contributed by atoms with Crippen molar-refractivity contribution in [1.29, 1.82) is 0 Å². The summed E-state index contributed by atoms with van der Waals surface area (Å²) in [5.41, 5.74) is 4.06. The maximum atomic E-state index is 13.0. The first-order chi connectivity index (χ1) is 12.9. The summed E-state index contributed by atoms with van der Waals surface area (Å²) in [6, 6.07) is 11.4. The van der Waals surface area contributed by atoms with Crippen LogP contribution in [0.15, 0.2) is 42.6 Å². The lowest BCUT2D eigenvalue weighted by Gasteiger charge is -2.27. The lowest BCUT2D eigenvalue weighted by molar-refractivity contribution is 0.0913. The monoisotopic (exact) mass is 361 g/mol. The summed E-state index contributed by atoms with van der Waals surface area (Å²) in [4.78, 5) is 17.6. The maximum absolute atomic E-state index is 13.0. The Morgan fingerprint density at radius 2 is 2.11 bits per heavy atom. The van der Waals surface area contributed by atoms with Gasteiger partial charge in [-0.15, -0.1) is 6.42 Å². The number of fused-ring (bicyclic) bond motifs is 1. The summed E-state index contributed by atoms with van der Waals surface area (Å²) >= 11 is 0. The Balaban J connectivity index is 1.94. The minimum Gasteiger partial charge on any atom is -0.378 e. The average Bonchev–Trinajstić information content (AvgIpc) is 3.06. The second-order valence-corrected chi connectivity index (χ2v) is 7.05. The van der Waals surface area contributed by atoms with Gasteiger partial charge in [0.15, 0.2) is 0 Å². The largest absolute Gasteiger partial charge is 0.378 e. The highest BCUT2D eigenvalue weighted by Gasteiger charge is 2.25. The number of aromatic nitrogens is 2. The molecule has 2 aromatic heterocycles. The Kier molecular flexibility index (Phi) is 5.02. The van der Waals surface area contributed by atoms with Gasteiger partial charge in [0.25, 0.3) is 5.91 Å². The maximum Gasteiger partial charge on any atom is 0.255 e. The summed E-state index contributed by atoms with van der Waals surface area (Å²) in [5, 5.41) is 3.10. The van der Waals surface area contributed by atoms with E-state index in [1.807, 2.05) is 61.7 Å². The molecular formula is C22H23N3O2. The quantitative estimate of drug-likeness (QED) is 0.709. The molecule has 1 amide bonds. The zero-order valence-corrected chi connectivity index (χ0v) is 16.0. The lowest BCUT2D eigenvalue weighted by Crippen LogP contribution is -2.41. The molecule has 0 saturated heterocycles. The van der Waals surface area contributed by atoms with Crippen molar-refractivity contribution in [2.75, 3.05) is 7.11 Å². The van der Waals surface area contributed by atoms with Gasteiger partial charge in [-0.25, -0.2) is 4.98 Å². The number of aryl methyl sites for hydroxylation is 1. The van der Waals surface area contributed by atoms with Crippen LogP contribution in [0.25, 0.3) is 5.65 Å². The fraction of sp³-hybridized carbons (Fsp3) is 0.273. The van der Waals surface area contributed by atoms with E-state index in [1.165, 1.54) is 0 Å². The van der Waals surface area contributed by atoms with E-state index in [0.29, 0.717) is 17.8 Å². The van der Waals surface area contributed by atoms with Crippen LogP contribution in [0, 0.1) is 19.3 Å². The molecule has 3 rings (SSSR count). The Bertz CT molecular complexity index is 1040. The zero-order valence-electron chi connectivity index (χ0n) is 16.0. The molecule has 0 aliphatic heterocycles. The van der Waals surface area contributed by atoms with Crippen LogP contribution < -0.4 is 5.32 Å². The lowest BCUT2D eigenvalue weighted by atomic mass is 9.92. The van der Waals surface area contributed by atoms with Crippen molar-refractivity contribution in [3.8, 4) is 12.3 Å². The van der Waals surface area contributed by atoms with Crippen LogP contribution in [0.1, 0.15) is 46.7 Å². The van der Waals surface area contributed by atoms with Gasteiger partial charge in [-0.05, 0) is 50.6 Å². The van der Waals surface area contributed by atoms with Crippen LogP contribution >= 0.6 is 0 Å². The summed E-state index contributed by atoms with van der Waals surface area (Å²) in [7, 11) is 1.62. The first kappa shape index (κ1) is 18.7. The van der Waals surface area contributed by atoms with Gasteiger partial charge in [0, 0.05) is 24.6 Å². The van der Waals surface area contributed by atoms with Crippen LogP contribution in [-0.2, 0) is 16.9 Å². The van der Waals surface area contributed by atoms with E-state index < -0.39 is 5.54 Å². The third kappa shape index (κ3) is 3.71. The number of hydrogen-bond donors (Lipinski definition) is 1. The second-order valence-electron chi connectivity index (χ2n) is 7.05. The first-order valence-corrected chi connectivity index (χ1v) is 8.72. The van der Waals surface area contributed by atoms with E-state index in [1.54, 1.807) is 13.2 Å². The van der Waals surface area contributed by atoms with Gasteiger partial charge >= 0.3 is 0 Å². The molecule has 27 heavy (non-hydrogen) atoms. The SMILES string of the molecule is C#Cc1cccc(C(C)(C)NC(=O)c2ccn3c(C)cc(COC)nc23)c1. The fourth-order valence-corrected chi connectivity index (χ4v) is 3.12. The van der Waals surface area contributed by atoms with Gasteiger partial charge in [0.1, 0.15) is 5.65 Å². The molecule has 2 heterocycles. The number of nitrogens with zero attached hydrogens (tertiary/aromatic N) is 2. The second kappa shape index (κ2) is 7.26. The highest BCUT2D eigenvalue weighted by Crippen LogP contribution is 2.23. The summed E-state index contributed by atoms with van der Waals surface area (Å²) < 4.78 is 7.08. The predicted octanol–water partition coefficient (Wildman–Crippen LogP) is 3.44. The van der Waals surface area contributed by atoms with Gasteiger partial charge in [-0.1, -0.05) is 18.1 Å². The van der Waals surface area contributed by atoms with Crippen molar-refractivity contribution in [1.82, 2.24) is 14.7 Å². The van der Waals surface area contributed by atoms with Crippen LogP contribution in [0.4, 0.5) is 0 Å². The number of terminal acetylenes is 1. The minimum atomic E-state index is -0.586. The van der Waals surface area contributed by atoms with Crippen molar-refractivity contribution in [3.05, 3.63) is 70.7 Å². The molecule has 5 heteroatoms. The molecule has 5 nitrogen and oxygen atoms in total. The normalized spacial score (nSPS) is 11.4. The van der Waals surface area contributed by atoms with E-state index in [9.17, 15) is 4.79 Å². The fourth-order valence-electron chi connectivity index (χ4n) is 3.12. The van der Waals surface area contributed by atoms with Crippen LogP contribution in [0.2, 0.25) is 0 Å². The zero-order chi connectivity index (χ0) is 19.6. The van der Waals surface area contributed by atoms with Gasteiger partial charge in [0.2, 0.25) is 0 Å². The van der Waals surface area contributed by atoms with Gasteiger partial charge in [-0.3, -0.25) is 4.79 Å². The molecule has 0 bridgehead atoms. The van der Waals surface area contributed by atoms with Crippen molar-refractivity contribution >= 4 is 11.6 Å². The molecular weight excluding hydrogens is 338 g/mol. The number of benzene rings is 1. The van der Waals surface area contributed by atoms with Crippen molar-refractivity contribution in [3.63, 3.8) is 0 Å². The van der Waals surface area contributed by atoms with Crippen LogP contribution in [0.5, 0.6) is 0 Å². The Morgan fingerprint density at radius 3 is 2.81 bits per heavy atom. The molecule has 0 aliphatic carbocycles. The van der Waals surface area contributed by atoms with Gasteiger partial charge in [0.05, 0.1) is 23.4 Å². The van der Waals surface area contributed by atoms with E-state index in [0.717, 1.165) is 22.5 Å². The van der Waals surface area contributed by atoms with Gasteiger partial charge < -0.3 is 14.5 Å². The van der Waals surface area contributed by atoms with Crippen LogP contribution in [0.3, 0.4) is 0 Å². The van der Waals surface area contributed by atoms with E-state index >= 15 is 0 Å². The number of carbonyl (C=O) groups is 1. The molecule has 138 valence electrons. The predicted molar refractivity (Wildman–Crippen MR) is 106 cm³/mol. The molecule has 1 aromatic carbocycles. The number of carbonyl (C=O) groups excluding carboxylic acids is 1. The molecule has 0 atom stereocenters. The standard InChI is InChI=1S/C22H23N3O2/c1-6-16-8-7-9-17(13-16)22(3,4)24-21(26)19-10-11-25-15(2)12-18(14-27-5)23-20(19)25/h1,7-13H,14H2,2-5H3,(H,24,26). The van der Waals surface area contributed by atoms with Crippen molar-refractivity contribution in [2.45, 2.75) is 32.9 Å². The third-order valence-electron chi connectivity index (χ3n) is 4.58. The average molecular weight is 361 g/mol. The summed E-state index contributed by atoms with van der Waals surface area (Å²) in [5.74, 6) is 2.45.